The van der Waals surface area contributed by atoms with E-state index in [-0.39, 0.29) is 13.2 Å². The van der Waals surface area contributed by atoms with Crippen molar-refractivity contribution in [2.75, 3.05) is 33.0 Å². The molecule has 0 spiro atoms. The van der Waals surface area contributed by atoms with Crippen LogP contribution in [-0.2, 0) is 27.7 Å². The molecule has 0 unspecified atom stereocenters. The Kier molecular flexibility index (Phi) is 15.3. The van der Waals surface area contributed by atoms with E-state index in [1.165, 1.54) is 0 Å². The highest BCUT2D eigenvalue weighted by atomic mass is 31.2. The van der Waals surface area contributed by atoms with Crippen LogP contribution in [0.15, 0.2) is 12.2 Å². The highest BCUT2D eigenvalue weighted by Crippen LogP contribution is 2.48. The summed E-state index contributed by atoms with van der Waals surface area (Å²) in [6.07, 6.45) is 0.485. The van der Waals surface area contributed by atoms with E-state index in [9.17, 15) is 9.36 Å². The molecule has 0 rings (SSSR count). The number of rotatable bonds is 10. The van der Waals surface area contributed by atoms with Gasteiger partial charge in [-0.25, -0.2) is 9.36 Å². The Balaban J connectivity index is 0. The maximum absolute atomic E-state index is 11.3. The van der Waals surface area contributed by atoms with Gasteiger partial charge < -0.3 is 9.84 Å². The number of aliphatic hydroxyl groups is 1. The zero-order chi connectivity index (χ0) is 16.7. The molecule has 0 aromatic heterocycles. The van der Waals surface area contributed by atoms with E-state index < -0.39 is 13.8 Å². The summed E-state index contributed by atoms with van der Waals surface area (Å²) in [6, 6.07) is 0. The first-order valence-corrected chi connectivity index (χ1v) is 8.29. The molecule has 126 valence electrons. The number of hydrogen-bond acceptors (Lipinski definition) is 7. The Bertz CT molecular complexity index is 307. The molecule has 0 saturated heterocycles. The quantitative estimate of drug-likeness (QED) is 0.285. The molecule has 0 aliphatic carbocycles. The summed E-state index contributed by atoms with van der Waals surface area (Å²) in [7, 11) is -3.22. The monoisotopic (exact) mass is 326 g/mol. The van der Waals surface area contributed by atoms with Gasteiger partial charge in [0.25, 0.3) is 0 Å². The minimum atomic E-state index is -3.22. The van der Waals surface area contributed by atoms with Crippen molar-refractivity contribution in [2.24, 2.45) is 0 Å². The number of esters is 1. The van der Waals surface area contributed by atoms with E-state index in [2.05, 4.69) is 11.3 Å². The summed E-state index contributed by atoms with van der Waals surface area (Å²) in [6.45, 7) is 11.5. The topological polar surface area (TPSA) is 91.3 Å². The van der Waals surface area contributed by atoms with Crippen LogP contribution in [0.5, 0.6) is 0 Å². The van der Waals surface area contributed by atoms with Crippen molar-refractivity contribution in [3.05, 3.63) is 12.2 Å². The molecule has 0 aromatic rings. The van der Waals surface area contributed by atoms with Gasteiger partial charge in [0.15, 0.2) is 0 Å². The number of phosphoric ester groups is 1. The molecule has 0 bridgehead atoms. The lowest BCUT2D eigenvalue weighted by Gasteiger charge is -2.14. The standard InChI is InChI=1S/C7H12O3.C6H15O4P/c1-6(2)7(9)10-5-3-4-8;1-4-8-11(7,9-5-2)10-6-3/h8H,1,3-5H2,2H3;4-6H2,1-3H3. The lowest BCUT2D eigenvalue weighted by molar-refractivity contribution is -0.139. The first-order valence-electron chi connectivity index (χ1n) is 6.83. The van der Waals surface area contributed by atoms with Crippen molar-refractivity contribution in [1.29, 1.82) is 0 Å². The number of aliphatic hydroxyl groups excluding tert-OH is 1. The van der Waals surface area contributed by atoms with Crippen LogP contribution in [0.25, 0.3) is 0 Å². The smallest absolute Gasteiger partial charge is 0.462 e. The number of carbonyl (C=O) groups is 1. The van der Waals surface area contributed by atoms with Gasteiger partial charge in [-0.15, -0.1) is 0 Å². The molecule has 0 radical (unpaired) electrons. The van der Waals surface area contributed by atoms with Crippen LogP contribution in [0.4, 0.5) is 0 Å². The molecular weight excluding hydrogens is 299 g/mol. The third kappa shape index (κ3) is 14.0. The third-order valence-electron chi connectivity index (χ3n) is 1.75. The van der Waals surface area contributed by atoms with Gasteiger partial charge in [-0.2, -0.15) is 0 Å². The average Bonchev–Trinajstić information content (AvgIpc) is 2.40. The molecule has 21 heavy (non-hydrogen) atoms. The molecule has 0 aromatic carbocycles. The lowest BCUT2D eigenvalue weighted by atomic mass is 10.4. The summed E-state index contributed by atoms with van der Waals surface area (Å²) in [4.78, 5) is 10.6. The summed E-state index contributed by atoms with van der Waals surface area (Å²) < 4.78 is 30.5. The van der Waals surface area contributed by atoms with E-state index >= 15 is 0 Å². The van der Waals surface area contributed by atoms with Crippen molar-refractivity contribution >= 4 is 13.8 Å². The number of carbonyl (C=O) groups excluding carboxylic acids is 1. The molecule has 8 heteroatoms. The van der Waals surface area contributed by atoms with E-state index in [1.54, 1.807) is 27.7 Å². The normalized spacial score (nSPS) is 10.5. The van der Waals surface area contributed by atoms with E-state index in [4.69, 9.17) is 18.7 Å². The summed E-state index contributed by atoms with van der Waals surface area (Å²) in [5, 5.41) is 8.30. The first kappa shape index (κ1) is 22.6. The fourth-order valence-electron chi connectivity index (χ4n) is 0.939. The molecular formula is C13H27O7P. The minimum Gasteiger partial charge on any atom is -0.462 e. The Hall–Kier alpha value is -0.720. The molecule has 0 saturated carbocycles. The molecule has 7 nitrogen and oxygen atoms in total. The minimum absolute atomic E-state index is 0.0451. The molecule has 0 atom stereocenters. The van der Waals surface area contributed by atoms with E-state index in [0.29, 0.717) is 31.8 Å². The SMILES string of the molecule is C=C(C)C(=O)OCCCO.CCOP(=O)(OCC)OCC. The Labute approximate surface area is 126 Å². The highest BCUT2D eigenvalue weighted by Gasteiger charge is 2.23. The second kappa shape index (κ2) is 14.2. The zero-order valence-corrected chi connectivity index (χ0v) is 14.2. The summed E-state index contributed by atoms with van der Waals surface area (Å²) >= 11 is 0. The van der Waals surface area contributed by atoms with Crippen molar-refractivity contribution < 1.29 is 32.8 Å². The van der Waals surface area contributed by atoms with Crippen molar-refractivity contribution in [2.45, 2.75) is 34.1 Å². The fourth-order valence-corrected chi connectivity index (χ4v) is 2.11. The van der Waals surface area contributed by atoms with Gasteiger partial charge in [-0.3, -0.25) is 13.6 Å². The third-order valence-corrected chi connectivity index (χ3v) is 3.47. The largest absolute Gasteiger partial charge is 0.474 e. The van der Waals surface area contributed by atoms with Crippen molar-refractivity contribution in [3.63, 3.8) is 0 Å². The van der Waals surface area contributed by atoms with E-state index in [1.807, 2.05) is 0 Å². The van der Waals surface area contributed by atoms with Gasteiger partial charge in [0.05, 0.1) is 26.4 Å². The van der Waals surface area contributed by atoms with Gasteiger partial charge in [0.2, 0.25) is 0 Å². The summed E-state index contributed by atoms with van der Waals surface area (Å²) in [5.74, 6) is -0.395. The number of hydrogen-bond donors (Lipinski definition) is 1. The second-order valence-corrected chi connectivity index (χ2v) is 5.36. The van der Waals surface area contributed by atoms with Crippen molar-refractivity contribution in [1.82, 2.24) is 0 Å². The predicted octanol–water partition coefficient (Wildman–Crippen LogP) is 2.69. The number of ether oxygens (including phenoxy) is 1. The van der Waals surface area contributed by atoms with Gasteiger partial charge >= 0.3 is 13.8 Å². The van der Waals surface area contributed by atoms with Crippen LogP contribution in [0, 0.1) is 0 Å². The fraction of sp³-hybridized carbons (Fsp3) is 0.769. The van der Waals surface area contributed by atoms with E-state index in [0.717, 1.165) is 0 Å². The maximum atomic E-state index is 11.3. The highest BCUT2D eigenvalue weighted by molar-refractivity contribution is 7.48. The molecule has 0 heterocycles. The number of phosphoric acid groups is 1. The second-order valence-electron chi connectivity index (χ2n) is 3.69. The Morgan fingerprint density at radius 1 is 1.10 bits per heavy atom. The van der Waals surface area contributed by atoms with Gasteiger partial charge in [-0.05, 0) is 27.7 Å². The maximum Gasteiger partial charge on any atom is 0.474 e. The molecule has 1 N–H and O–H groups in total. The molecule has 0 fully saturated rings. The van der Waals surface area contributed by atoms with Gasteiger partial charge in [0, 0.05) is 18.6 Å². The summed E-state index contributed by atoms with van der Waals surface area (Å²) in [5.41, 5.74) is 0.387. The van der Waals surface area contributed by atoms with Gasteiger partial charge in [0.1, 0.15) is 0 Å². The first-order chi connectivity index (χ1) is 9.86. The van der Waals surface area contributed by atoms with Crippen molar-refractivity contribution in [3.8, 4) is 0 Å². The van der Waals surface area contributed by atoms with Crippen LogP contribution >= 0.6 is 7.82 Å². The van der Waals surface area contributed by atoms with Crippen LogP contribution < -0.4 is 0 Å². The van der Waals surface area contributed by atoms with Crippen LogP contribution in [0.1, 0.15) is 34.1 Å². The molecule has 0 amide bonds. The van der Waals surface area contributed by atoms with Crippen LogP contribution in [0.3, 0.4) is 0 Å². The van der Waals surface area contributed by atoms with Crippen LogP contribution in [0.2, 0.25) is 0 Å². The zero-order valence-electron chi connectivity index (χ0n) is 13.3. The molecule has 0 aliphatic rings. The molecule has 0 aliphatic heterocycles. The van der Waals surface area contributed by atoms with Gasteiger partial charge in [-0.1, -0.05) is 6.58 Å². The predicted molar refractivity (Wildman–Crippen MR) is 80.0 cm³/mol. The van der Waals surface area contributed by atoms with Crippen LogP contribution in [-0.4, -0.2) is 44.1 Å². The average molecular weight is 326 g/mol. The lowest BCUT2D eigenvalue weighted by Crippen LogP contribution is -2.06. The Morgan fingerprint density at radius 2 is 1.52 bits per heavy atom. The Morgan fingerprint density at radius 3 is 1.81 bits per heavy atom.